The normalized spacial score (nSPS) is 33.6. The molecule has 9 heteroatoms. The maximum atomic E-state index is 12.2. The van der Waals surface area contributed by atoms with E-state index in [-0.39, 0.29) is 22.9 Å². The summed E-state index contributed by atoms with van der Waals surface area (Å²) in [5.74, 6) is -1.72. The van der Waals surface area contributed by atoms with Gasteiger partial charge in [0.25, 0.3) is 0 Å². The summed E-state index contributed by atoms with van der Waals surface area (Å²) < 4.78 is 0. The van der Waals surface area contributed by atoms with E-state index in [1.165, 1.54) is 23.6 Å². The summed E-state index contributed by atoms with van der Waals surface area (Å²) in [4.78, 5) is 27.4. The third kappa shape index (κ3) is 2.60. The summed E-state index contributed by atoms with van der Waals surface area (Å²) in [5.41, 5.74) is -0.0240. The highest BCUT2D eigenvalue weighted by molar-refractivity contribution is 8.03. The van der Waals surface area contributed by atoms with Crippen LogP contribution in [0.1, 0.15) is 20.3 Å². The first-order valence-corrected chi connectivity index (χ1v) is 8.72. The quantitative estimate of drug-likeness (QED) is 0.309. The average Bonchev–Trinajstić information content (AvgIpc) is 2.98. The van der Waals surface area contributed by atoms with Crippen molar-refractivity contribution in [1.82, 2.24) is 9.80 Å². The molecule has 0 aromatic rings. The van der Waals surface area contributed by atoms with Crippen LogP contribution in [-0.4, -0.2) is 79.4 Å². The van der Waals surface area contributed by atoms with Crippen LogP contribution in [0.3, 0.4) is 0 Å². The van der Waals surface area contributed by atoms with E-state index in [4.69, 9.17) is 5.41 Å². The third-order valence-corrected chi connectivity index (χ3v) is 6.31. The van der Waals surface area contributed by atoms with Gasteiger partial charge in [0.2, 0.25) is 5.91 Å². The number of aliphatic carboxylic acids is 1. The molecule has 3 aliphatic rings. The van der Waals surface area contributed by atoms with Crippen molar-refractivity contribution in [1.29, 1.82) is 5.41 Å². The largest absolute Gasteiger partial charge is 0.477 e. The average molecular weight is 355 g/mol. The Kier molecular flexibility index (Phi) is 4.35. The molecule has 3 heterocycles. The van der Waals surface area contributed by atoms with Crippen LogP contribution in [0, 0.1) is 11.3 Å². The van der Waals surface area contributed by atoms with E-state index in [1.807, 2.05) is 0 Å². The molecule has 0 saturated carbocycles. The number of carboxylic acids is 1. The van der Waals surface area contributed by atoms with Crippen LogP contribution in [0.15, 0.2) is 10.6 Å². The van der Waals surface area contributed by atoms with Crippen LogP contribution >= 0.6 is 11.8 Å². The highest BCUT2D eigenvalue weighted by Crippen LogP contribution is 2.48. The summed E-state index contributed by atoms with van der Waals surface area (Å²) in [6.07, 6.45) is -1.08. The zero-order chi connectivity index (χ0) is 17.8. The van der Waals surface area contributed by atoms with Crippen molar-refractivity contribution >= 4 is 29.5 Å². The maximum Gasteiger partial charge on any atom is 0.353 e. The van der Waals surface area contributed by atoms with Gasteiger partial charge in [-0.25, -0.2) is 4.79 Å². The number of carbonyl (C=O) groups excluding carboxylic acids is 1. The number of aliphatic hydroxyl groups is 2. The molecule has 2 saturated heterocycles. The molecule has 24 heavy (non-hydrogen) atoms. The number of amidine groups is 1. The van der Waals surface area contributed by atoms with Gasteiger partial charge < -0.3 is 25.1 Å². The lowest BCUT2D eigenvalue weighted by atomic mass is 9.83. The maximum absolute atomic E-state index is 12.2. The molecule has 3 rings (SSSR count). The number of hydrogen-bond donors (Lipinski definition) is 4. The molecule has 0 aromatic heterocycles. The lowest BCUT2D eigenvalue weighted by Gasteiger charge is -2.44. The summed E-state index contributed by atoms with van der Waals surface area (Å²) in [5, 5.41) is 36.8. The summed E-state index contributed by atoms with van der Waals surface area (Å²) in [7, 11) is 0. The Hall–Kier alpha value is -1.58. The van der Waals surface area contributed by atoms with Crippen molar-refractivity contribution in [3.05, 3.63) is 10.6 Å². The van der Waals surface area contributed by atoms with Crippen LogP contribution in [-0.2, 0) is 9.59 Å². The van der Waals surface area contributed by atoms with Gasteiger partial charge in [-0.2, -0.15) is 0 Å². The zero-order valence-corrected chi connectivity index (χ0v) is 14.3. The number of amides is 1. The van der Waals surface area contributed by atoms with Gasteiger partial charge in [0.1, 0.15) is 5.70 Å². The topological polar surface area (TPSA) is 125 Å². The Balaban J connectivity index is 1.79. The fraction of sp³-hybridized carbons (Fsp3) is 0.667. The molecule has 132 valence electrons. The Bertz CT molecular complexity index is 635. The molecule has 0 bridgehead atoms. The number of thioether (sulfide) groups is 1. The van der Waals surface area contributed by atoms with Crippen molar-refractivity contribution in [2.45, 2.75) is 43.8 Å². The molecule has 0 spiro atoms. The molecule has 2 fully saturated rings. The van der Waals surface area contributed by atoms with Crippen molar-refractivity contribution in [2.75, 3.05) is 13.1 Å². The summed E-state index contributed by atoms with van der Waals surface area (Å²) in [6, 6.07) is -0.315. The second-order valence-corrected chi connectivity index (χ2v) is 7.87. The van der Waals surface area contributed by atoms with Gasteiger partial charge in [0, 0.05) is 24.4 Å². The lowest BCUT2D eigenvalue weighted by Crippen LogP contribution is -2.61. The van der Waals surface area contributed by atoms with Gasteiger partial charge in [-0.3, -0.25) is 10.2 Å². The molecule has 0 radical (unpaired) electrons. The summed E-state index contributed by atoms with van der Waals surface area (Å²) >= 11 is 1.28. The van der Waals surface area contributed by atoms with Crippen molar-refractivity contribution < 1.29 is 24.9 Å². The van der Waals surface area contributed by atoms with E-state index in [9.17, 15) is 24.9 Å². The Morgan fingerprint density at radius 1 is 1.42 bits per heavy atom. The Morgan fingerprint density at radius 2 is 2.08 bits per heavy atom. The highest BCUT2D eigenvalue weighted by Gasteiger charge is 2.57. The lowest BCUT2D eigenvalue weighted by molar-refractivity contribution is -0.161. The van der Waals surface area contributed by atoms with Gasteiger partial charge in [-0.1, -0.05) is 0 Å². The first kappa shape index (κ1) is 17.2. The zero-order valence-electron chi connectivity index (χ0n) is 13.5. The van der Waals surface area contributed by atoms with E-state index in [2.05, 4.69) is 0 Å². The molecular formula is C15H21N3O5S. The van der Waals surface area contributed by atoms with Crippen molar-refractivity contribution in [3.8, 4) is 0 Å². The van der Waals surface area contributed by atoms with Crippen LogP contribution in [0.2, 0.25) is 0 Å². The highest BCUT2D eigenvalue weighted by atomic mass is 32.2. The fourth-order valence-electron chi connectivity index (χ4n) is 3.67. The number of aliphatic hydroxyl groups excluding tert-OH is 2. The molecule has 4 N–H and O–H groups in total. The minimum Gasteiger partial charge on any atom is -0.477 e. The number of fused-ring (bicyclic) bond motifs is 1. The Morgan fingerprint density at radius 3 is 2.58 bits per heavy atom. The Labute approximate surface area is 143 Å². The number of β-amino-alcohol motifs (C(OH)–C–C–N with tert-alkyl or cyclic N) is 1. The number of carbonyl (C=O) groups is 2. The smallest absolute Gasteiger partial charge is 0.353 e. The van der Waals surface area contributed by atoms with Gasteiger partial charge in [-0.05, 0) is 13.8 Å². The van der Waals surface area contributed by atoms with Crippen molar-refractivity contribution in [3.63, 3.8) is 0 Å². The number of likely N-dealkylation sites (tertiary alicyclic amines) is 1. The molecule has 8 nitrogen and oxygen atoms in total. The van der Waals surface area contributed by atoms with Crippen LogP contribution in [0.5, 0.6) is 0 Å². The predicted molar refractivity (Wildman–Crippen MR) is 87.4 cm³/mol. The predicted octanol–water partition coefficient (Wildman–Crippen LogP) is -0.330. The SMILES string of the molecule is CC(=N)N1CC(O)C(SC2=C(C(=O)O)N3C(=O)C(C(C)O)[C@H]3C2)C1. The van der Waals surface area contributed by atoms with Crippen LogP contribution in [0.25, 0.3) is 0 Å². The second kappa shape index (κ2) is 6.05. The number of rotatable bonds is 4. The molecule has 5 atom stereocenters. The number of nitrogens with one attached hydrogen (secondary N) is 1. The van der Waals surface area contributed by atoms with Gasteiger partial charge in [-0.15, -0.1) is 11.8 Å². The second-order valence-electron chi connectivity index (χ2n) is 6.54. The first-order chi connectivity index (χ1) is 11.2. The van der Waals surface area contributed by atoms with Gasteiger partial charge >= 0.3 is 5.97 Å². The van der Waals surface area contributed by atoms with Crippen molar-refractivity contribution in [2.24, 2.45) is 5.92 Å². The standard InChI is InChI=1S/C15H21N3O5S/c1-6(19)12-8-3-10(13(15(22)23)18(8)14(12)21)24-11-5-17(7(2)16)4-9(11)20/h6,8-9,11-12,16,19-20H,3-5H2,1-2H3,(H,22,23)/t6?,8-,9?,11?,12?/m1/s1. The molecule has 4 unspecified atom stereocenters. The third-order valence-electron chi connectivity index (χ3n) is 4.90. The number of carboxylic acid groups (broad SMARTS) is 1. The van der Waals surface area contributed by atoms with E-state index in [1.54, 1.807) is 11.8 Å². The van der Waals surface area contributed by atoms with E-state index in [0.29, 0.717) is 30.3 Å². The number of hydrogen-bond acceptors (Lipinski definition) is 6. The van der Waals surface area contributed by atoms with Gasteiger partial charge in [0.05, 0.1) is 35.3 Å². The van der Waals surface area contributed by atoms with E-state index < -0.39 is 24.1 Å². The van der Waals surface area contributed by atoms with E-state index in [0.717, 1.165) is 0 Å². The number of nitrogens with zero attached hydrogens (tertiary/aromatic N) is 2. The van der Waals surface area contributed by atoms with Crippen LogP contribution < -0.4 is 0 Å². The minimum absolute atomic E-state index is 0.0240. The summed E-state index contributed by atoms with van der Waals surface area (Å²) in [6.45, 7) is 4.01. The number of β-lactam (4-membered cyclic amide) rings is 1. The molecule has 3 aliphatic heterocycles. The minimum atomic E-state index is -1.16. The molecule has 0 aliphatic carbocycles. The molecule has 1 amide bonds. The fourth-order valence-corrected chi connectivity index (χ4v) is 5.09. The molecular weight excluding hydrogens is 334 g/mol. The first-order valence-electron chi connectivity index (χ1n) is 7.84. The monoisotopic (exact) mass is 355 g/mol. The van der Waals surface area contributed by atoms with Crippen LogP contribution in [0.4, 0.5) is 0 Å². The van der Waals surface area contributed by atoms with E-state index >= 15 is 0 Å². The van der Waals surface area contributed by atoms with Gasteiger partial charge in [0.15, 0.2) is 0 Å². The molecule has 0 aromatic carbocycles.